The third-order valence-corrected chi connectivity index (χ3v) is 12.5. The van der Waals surface area contributed by atoms with Gasteiger partial charge in [0.05, 0.1) is 27.7 Å². The number of quaternary nitrogens is 1. The van der Waals surface area contributed by atoms with Crippen molar-refractivity contribution < 1.29 is 42.1 Å². The van der Waals surface area contributed by atoms with Crippen LogP contribution in [0.15, 0.2) is 24.3 Å². The molecule has 0 spiro atoms. The first-order valence-electron chi connectivity index (χ1n) is 26.1. The van der Waals surface area contributed by atoms with Gasteiger partial charge in [0, 0.05) is 12.8 Å². The third-order valence-electron chi connectivity index (χ3n) is 11.5. The molecule has 0 saturated carbocycles. The predicted molar refractivity (Wildman–Crippen MR) is 259 cm³/mol. The standard InChI is InChI=1S/C52H100NO8P/c1-6-8-10-12-14-16-18-20-22-23-24-25-26-27-28-29-31-33-35-37-39-41-43-45-52(55)61-50(49-60-62(56,57)59-47-46-53(3,4)5)48-58-51(54)44-42-40-38-36-34-32-30-21-19-17-15-13-11-9-7-2/h17,19,21,30,50H,6-16,18,20,22-29,31-49H2,1-5H3/b19-17+,30-21+/t50-/m1/s1. The van der Waals surface area contributed by atoms with E-state index in [1.165, 1.54) is 154 Å². The molecule has 1 unspecified atom stereocenters. The van der Waals surface area contributed by atoms with Crippen LogP contribution in [0.5, 0.6) is 0 Å². The molecule has 10 heteroatoms. The highest BCUT2D eigenvalue weighted by Gasteiger charge is 2.21. The zero-order valence-corrected chi connectivity index (χ0v) is 42.2. The lowest BCUT2D eigenvalue weighted by molar-refractivity contribution is -0.870. The summed E-state index contributed by atoms with van der Waals surface area (Å²) in [5, 5.41) is 0. The van der Waals surface area contributed by atoms with Gasteiger partial charge in [-0.1, -0.05) is 218 Å². The Balaban J connectivity index is 4.19. The molecule has 2 atom stereocenters. The van der Waals surface area contributed by atoms with E-state index < -0.39 is 32.5 Å². The Kier molecular flexibility index (Phi) is 43.6. The molecule has 0 heterocycles. The average molecular weight is 898 g/mol. The Bertz CT molecular complexity index is 1110. The number of ether oxygens (including phenoxy) is 2. The molecule has 0 aromatic heterocycles. The van der Waals surface area contributed by atoms with Gasteiger partial charge in [-0.25, -0.2) is 0 Å². The van der Waals surface area contributed by atoms with Gasteiger partial charge in [0.15, 0.2) is 6.10 Å². The maximum atomic E-state index is 12.7. The number of phosphoric acid groups is 1. The van der Waals surface area contributed by atoms with Gasteiger partial charge in [-0.3, -0.25) is 14.2 Å². The molecule has 366 valence electrons. The molecular formula is C52H100NO8P. The van der Waals surface area contributed by atoms with Gasteiger partial charge >= 0.3 is 11.9 Å². The fraction of sp³-hybridized carbons (Fsp3) is 0.885. The molecule has 0 saturated heterocycles. The Morgan fingerprint density at radius 2 is 0.855 bits per heavy atom. The van der Waals surface area contributed by atoms with Crippen molar-refractivity contribution in [2.45, 2.75) is 251 Å². The molecule has 9 nitrogen and oxygen atoms in total. The zero-order valence-electron chi connectivity index (χ0n) is 41.3. The van der Waals surface area contributed by atoms with E-state index in [0.717, 1.165) is 51.4 Å². The van der Waals surface area contributed by atoms with Crippen LogP contribution in [-0.4, -0.2) is 70.0 Å². The summed E-state index contributed by atoms with van der Waals surface area (Å²) in [4.78, 5) is 37.7. The first kappa shape index (κ1) is 60.5. The van der Waals surface area contributed by atoms with E-state index in [0.29, 0.717) is 23.9 Å². The molecule has 0 N–H and O–H groups in total. The van der Waals surface area contributed by atoms with Crippen LogP contribution >= 0.6 is 7.82 Å². The van der Waals surface area contributed by atoms with Crippen LogP contribution in [0.3, 0.4) is 0 Å². The number of phosphoric ester groups is 1. The van der Waals surface area contributed by atoms with Crippen molar-refractivity contribution in [3.63, 3.8) is 0 Å². The van der Waals surface area contributed by atoms with E-state index >= 15 is 0 Å². The van der Waals surface area contributed by atoms with Gasteiger partial charge < -0.3 is 27.9 Å². The molecule has 0 aliphatic heterocycles. The fourth-order valence-corrected chi connectivity index (χ4v) is 8.14. The normalized spacial score (nSPS) is 13.6. The molecule has 0 aromatic rings. The molecule has 0 aromatic carbocycles. The first-order chi connectivity index (χ1) is 30.0. The van der Waals surface area contributed by atoms with E-state index in [1.54, 1.807) is 0 Å². The molecule has 0 aliphatic rings. The van der Waals surface area contributed by atoms with Crippen LogP contribution in [0.2, 0.25) is 0 Å². The maximum Gasteiger partial charge on any atom is 0.306 e. The summed E-state index contributed by atoms with van der Waals surface area (Å²) in [5.74, 6) is -0.840. The molecule has 62 heavy (non-hydrogen) atoms. The van der Waals surface area contributed by atoms with Crippen molar-refractivity contribution in [1.82, 2.24) is 0 Å². The summed E-state index contributed by atoms with van der Waals surface area (Å²) >= 11 is 0. The van der Waals surface area contributed by atoms with Crippen LogP contribution < -0.4 is 4.89 Å². The summed E-state index contributed by atoms with van der Waals surface area (Å²) in [6, 6.07) is 0. The summed E-state index contributed by atoms with van der Waals surface area (Å²) in [6.07, 6.45) is 50.7. The second-order valence-electron chi connectivity index (χ2n) is 18.9. The Labute approximate surface area is 383 Å². The largest absolute Gasteiger partial charge is 0.756 e. The summed E-state index contributed by atoms with van der Waals surface area (Å²) in [6.45, 7) is 4.23. The van der Waals surface area contributed by atoms with Crippen LogP contribution in [0.25, 0.3) is 0 Å². The third kappa shape index (κ3) is 48.0. The van der Waals surface area contributed by atoms with Gasteiger partial charge in [-0.15, -0.1) is 0 Å². The molecule has 0 bridgehead atoms. The smallest absolute Gasteiger partial charge is 0.306 e. The molecular weight excluding hydrogens is 798 g/mol. The van der Waals surface area contributed by atoms with E-state index in [4.69, 9.17) is 18.5 Å². The molecule has 0 radical (unpaired) electrons. The minimum absolute atomic E-state index is 0.0312. The maximum absolute atomic E-state index is 12.7. The average Bonchev–Trinajstić information content (AvgIpc) is 3.23. The van der Waals surface area contributed by atoms with Gasteiger partial charge in [0.2, 0.25) is 0 Å². The van der Waals surface area contributed by atoms with Crippen molar-refractivity contribution in [2.75, 3.05) is 47.5 Å². The van der Waals surface area contributed by atoms with Gasteiger partial charge in [0.1, 0.15) is 19.8 Å². The number of allylic oxidation sites excluding steroid dienone is 4. The summed E-state index contributed by atoms with van der Waals surface area (Å²) in [7, 11) is 1.17. The number of carbonyl (C=O) groups is 2. The number of hydrogen-bond donors (Lipinski definition) is 0. The van der Waals surface area contributed by atoms with Crippen molar-refractivity contribution in [3.05, 3.63) is 24.3 Å². The number of unbranched alkanes of at least 4 members (excludes halogenated alkanes) is 31. The Morgan fingerprint density at radius 1 is 0.500 bits per heavy atom. The number of hydrogen-bond acceptors (Lipinski definition) is 8. The fourth-order valence-electron chi connectivity index (χ4n) is 7.41. The second kappa shape index (κ2) is 44.7. The van der Waals surface area contributed by atoms with Crippen LogP contribution in [0.1, 0.15) is 245 Å². The number of carbonyl (C=O) groups excluding carboxylic acids is 2. The highest BCUT2D eigenvalue weighted by molar-refractivity contribution is 7.45. The van der Waals surface area contributed by atoms with E-state index in [1.807, 2.05) is 21.1 Å². The zero-order chi connectivity index (χ0) is 45.7. The van der Waals surface area contributed by atoms with Crippen molar-refractivity contribution in [2.24, 2.45) is 0 Å². The number of esters is 2. The van der Waals surface area contributed by atoms with Crippen LogP contribution in [0, 0.1) is 0 Å². The van der Waals surface area contributed by atoms with Crippen molar-refractivity contribution in [1.29, 1.82) is 0 Å². The lowest BCUT2D eigenvalue weighted by Crippen LogP contribution is -2.37. The minimum atomic E-state index is -4.63. The molecule has 0 aliphatic carbocycles. The van der Waals surface area contributed by atoms with Gasteiger partial charge in [-0.05, 0) is 38.5 Å². The van der Waals surface area contributed by atoms with Crippen LogP contribution in [0.4, 0.5) is 0 Å². The van der Waals surface area contributed by atoms with Crippen molar-refractivity contribution in [3.8, 4) is 0 Å². The summed E-state index contributed by atoms with van der Waals surface area (Å²) < 4.78 is 34.0. The van der Waals surface area contributed by atoms with E-state index in [9.17, 15) is 19.0 Å². The van der Waals surface area contributed by atoms with E-state index in [-0.39, 0.29) is 26.1 Å². The molecule has 0 fully saturated rings. The first-order valence-corrected chi connectivity index (χ1v) is 27.5. The highest BCUT2D eigenvalue weighted by Crippen LogP contribution is 2.38. The highest BCUT2D eigenvalue weighted by atomic mass is 31.2. The van der Waals surface area contributed by atoms with Gasteiger partial charge in [-0.2, -0.15) is 0 Å². The van der Waals surface area contributed by atoms with Crippen molar-refractivity contribution >= 4 is 19.8 Å². The van der Waals surface area contributed by atoms with Crippen LogP contribution in [-0.2, 0) is 32.7 Å². The SMILES string of the molecule is CCCCCC/C=C/C=C/CCCCCCCC(=O)OC[C@H](COP(=O)([O-])OCC[N+](C)(C)C)OC(=O)CCCCCCCCCCCCCCCCCCCCCCCCC. The van der Waals surface area contributed by atoms with E-state index in [2.05, 4.69) is 38.2 Å². The molecule has 0 rings (SSSR count). The monoisotopic (exact) mass is 898 g/mol. The summed E-state index contributed by atoms with van der Waals surface area (Å²) in [5.41, 5.74) is 0. The number of rotatable bonds is 48. The second-order valence-corrected chi connectivity index (χ2v) is 20.3. The Hall–Kier alpha value is -1.51. The lowest BCUT2D eigenvalue weighted by atomic mass is 10.0. The quantitative estimate of drug-likeness (QED) is 0.0195. The Morgan fingerprint density at radius 3 is 1.26 bits per heavy atom. The molecule has 0 amide bonds. The lowest BCUT2D eigenvalue weighted by Gasteiger charge is -2.28. The predicted octanol–water partition coefficient (Wildman–Crippen LogP) is 14.8. The number of nitrogens with zero attached hydrogens (tertiary/aromatic N) is 1. The minimum Gasteiger partial charge on any atom is -0.756 e. The topological polar surface area (TPSA) is 111 Å². The number of likely N-dealkylation sites (N-methyl/N-ethyl adjacent to an activating group) is 1. The van der Waals surface area contributed by atoms with Gasteiger partial charge in [0.25, 0.3) is 7.82 Å².